The number of para-hydroxylation sites is 1. The van der Waals surface area contributed by atoms with Gasteiger partial charge in [-0.05, 0) is 41.3 Å². The van der Waals surface area contributed by atoms with Crippen LogP contribution in [0, 0.1) is 0 Å². The summed E-state index contributed by atoms with van der Waals surface area (Å²) in [5, 5.41) is 9.77. The first-order chi connectivity index (χ1) is 18.7. The zero-order chi connectivity index (χ0) is 26.1. The summed E-state index contributed by atoms with van der Waals surface area (Å²) in [5.74, 6) is 1.94. The van der Waals surface area contributed by atoms with Gasteiger partial charge in [0.1, 0.15) is 0 Å². The van der Waals surface area contributed by atoms with Crippen molar-refractivity contribution in [3.8, 4) is 23.0 Å². The van der Waals surface area contributed by atoms with Gasteiger partial charge in [-0.3, -0.25) is 4.79 Å². The maximum Gasteiger partial charge on any atom is 0.277 e. The third kappa shape index (κ3) is 4.39. The van der Waals surface area contributed by atoms with Crippen LogP contribution in [0.3, 0.4) is 0 Å². The highest BCUT2D eigenvalue weighted by Gasteiger charge is 2.33. The Hall–Kier alpha value is -4.24. The van der Waals surface area contributed by atoms with E-state index in [2.05, 4.69) is 27.3 Å². The van der Waals surface area contributed by atoms with Crippen LogP contribution in [0.15, 0.2) is 82.6 Å². The third-order valence-corrected chi connectivity index (χ3v) is 7.66. The van der Waals surface area contributed by atoms with Crippen molar-refractivity contribution in [3.05, 3.63) is 89.6 Å². The zero-order valence-electron chi connectivity index (χ0n) is 21.0. The minimum atomic E-state index is -0.239. The van der Waals surface area contributed by atoms with Gasteiger partial charge in [-0.2, -0.15) is 0 Å². The molecule has 1 atom stereocenters. The predicted octanol–water partition coefficient (Wildman–Crippen LogP) is 5.50. The van der Waals surface area contributed by atoms with Gasteiger partial charge in [0.05, 0.1) is 31.6 Å². The molecule has 2 aromatic heterocycles. The van der Waals surface area contributed by atoms with Crippen molar-refractivity contribution >= 4 is 28.6 Å². The van der Waals surface area contributed by atoms with E-state index in [0.717, 1.165) is 39.6 Å². The zero-order valence-corrected chi connectivity index (χ0v) is 21.8. The van der Waals surface area contributed by atoms with E-state index in [1.807, 2.05) is 65.7 Å². The standard InChI is InChI=1S/C29H26N4O4S/c1-35-24-14-19-12-13-33(27(18-8-4-3-5-9-18)21(19)15-25(24)36-2)26(34)17-38-29-32-31-28(37-29)22-16-30-23-11-7-6-10-20(22)23/h3-11,14-16,27,30H,12-13,17H2,1-2H3/t27-/m1/s1. The molecule has 9 heteroatoms. The van der Waals surface area contributed by atoms with Gasteiger partial charge >= 0.3 is 0 Å². The first-order valence-corrected chi connectivity index (χ1v) is 13.3. The molecule has 1 N–H and O–H groups in total. The van der Waals surface area contributed by atoms with E-state index in [-0.39, 0.29) is 17.7 Å². The summed E-state index contributed by atoms with van der Waals surface area (Å²) in [6, 6.07) is 21.8. The number of amides is 1. The summed E-state index contributed by atoms with van der Waals surface area (Å²) < 4.78 is 17.0. The normalized spacial score (nSPS) is 14.9. The third-order valence-electron chi connectivity index (χ3n) is 6.85. The summed E-state index contributed by atoms with van der Waals surface area (Å²) in [5.41, 5.74) is 5.06. The molecule has 6 rings (SSSR count). The molecule has 0 radical (unpaired) electrons. The molecular formula is C29H26N4O4S. The van der Waals surface area contributed by atoms with Gasteiger partial charge in [0, 0.05) is 23.6 Å². The Balaban J connectivity index is 1.25. The fourth-order valence-electron chi connectivity index (χ4n) is 5.04. The molecule has 5 aromatic rings. The molecule has 0 saturated carbocycles. The number of aromatic amines is 1. The van der Waals surface area contributed by atoms with Gasteiger partial charge in [-0.15, -0.1) is 10.2 Å². The van der Waals surface area contributed by atoms with Crippen molar-refractivity contribution in [1.29, 1.82) is 0 Å². The van der Waals surface area contributed by atoms with Crippen LogP contribution in [0.4, 0.5) is 0 Å². The summed E-state index contributed by atoms with van der Waals surface area (Å²) in [7, 11) is 3.26. The van der Waals surface area contributed by atoms with Gasteiger partial charge in [-0.1, -0.05) is 60.3 Å². The van der Waals surface area contributed by atoms with Crippen LogP contribution < -0.4 is 9.47 Å². The summed E-state index contributed by atoms with van der Waals surface area (Å²) in [6.07, 6.45) is 2.58. The van der Waals surface area contributed by atoms with Gasteiger partial charge in [-0.25, -0.2) is 0 Å². The van der Waals surface area contributed by atoms with E-state index in [9.17, 15) is 4.79 Å². The SMILES string of the molecule is COc1cc2c(cc1OC)[C@@H](c1ccccc1)N(C(=O)CSc1nnc(-c3c[nH]c4ccccc34)o1)CC2. The Kier molecular flexibility index (Phi) is 6.51. The largest absolute Gasteiger partial charge is 0.493 e. The number of fused-ring (bicyclic) bond motifs is 2. The number of hydrogen-bond donors (Lipinski definition) is 1. The summed E-state index contributed by atoms with van der Waals surface area (Å²) in [4.78, 5) is 18.8. The molecule has 1 aliphatic rings. The molecule has 1 amide bonds. The topological polar surface area (TPSA) is 93.5 Å². The van der Waals surface area contributed by atoms with Gasteiger partial charge in [0.25, 0.3) is 11.1 Å². The highest BCUT2D eigenvalue weighted by molar-refractivity contribution is 7.99. The highest BCUT2D eigenvalue weighted by Crippen LogP contribution is 2.41. The molecule has 0 fully saturated rings. The van der Waals surface area contributed by atoms with E-state index in [1.165, 1.54) is 11.8 Å². The van der Waals surface area contributed by atoms with E-state index in [4.69, 9.17) is 13.9 Å². The Morgan fingerprint density at radius 1 is 1.05 bits per heavy atom. The second-order valence-corrected chi connectivity index (χ2v) is 9.89. The number of carbonyl (C=O) groups is 1. The lowest BCUT2D eigenvalue weighted by Gasteiger charge is -2.38. The molecule has 192 valence electrons. The van der Waals surface area contributed by atoms with Crippen molar-refractivity contribution in [2.45, 2.75) is 17.7 Å². The quantitative estimate of drug-likeness (QED) is 0.280. The van der Waals surface area contributed by atoms with Crippen LogP contribution in [0.5, 0.6) is 11.5 Å². The fraction of sp³-hybridized carbons (Fsp3) is 0.207. The number of thioether (sulfide) groups is 1. The second-order valence-electron chi connectivity index (χ2n) is 8.97. The molecule has 0 bridgehead atoms. The Morgan fingerprint density at radius 2 is 1.82 bits per heavy atom. The molecule has 0 aliphatic carbocycles. The van der Waals surface area contributed by atoms with Gasteiger partial charge in [0.2, 0.25) is 5.91 Å². The summed E-state index contributed by atoms with van der Waals surface area (Å²) in [6.45, 7) is 0.589. The first-order valence-electron chi connectivity index (χ1n) is 12.3. The van der Waals surface area contributed by atoms with Crippen molar-refractivity contribution in [1.82, 2.24) is 20.1 Å². The minimum absolute atomic E-state index is 0.00358. The second kappa shape index (κ2) is 10.3. The van der Waals surface area contributed by atoms with Gasteiger partial charge in [0.15, 0.2) is 11.5 Å². The fourth-order valence-corrected chi connectivity index (χ4v) is 5.69. The number of H-pyrrole nitrogens is 1. The lowest BCUT2D eigenvalue weighted by molar-refractivity contribution is -0.130. The number of nitrogens with one attached hydrogen (secondary N) is 1. The molecule has 3 aromatic carbocycles. The molecule has 0 saturated heterocycles. The maximum absolute atomic E-state index is 13.6. The van der Waals surface area contributed by atoms with Gasteiger partial charge < -0.3 is 23.8 Å². The van der Waals surface area contributed by atoms with E-state index >= 15 is 0 Å². The molecule has 0 spiro atoms. The van der Waals surface area contributed by atoms with E-state index in [1.54, 1.807) is 14.2 Å². The van der Waals surface area contributed by atoms with E-state index < -0.39 is 0 Å². The molecular weight excluding hydrogens is 500 g/mol. The molecule has 0 unspecified atom stereocenters. The van der Waals surface area contributed by atoms with Crippen molar-refractivity contribution in [2.75, 3.05) is 26.5 Å². The number of nitrogens with zero attached hydrogens (tertiary/aromatic N) is 3. The lowest BCUT2D eigenvalue weighted by Crippen LogP contribution is -2.41. The molecule has 3 heterocycles. The number of rotatable bonds is 7. The molecule has 38 heavy (non-hydrogen) atoms. The highest BCUT2D eigenvalue weighted by atomic mass is 32.2. The lowest BCUT2D eigenvalue weighted by atomic mass is 9.87. The molecule has 8 nitrogen and oxygen atoms in total. The predicted molar refractivity (Wildman–Crippen MR) is 146 cm³/mol. The van der Waals surface area contributed by atoms with Crippen LogP contribution in [0.2, 0.25) is 0 Å². The monoisotopic (exact) mass is 526 g/mol. The summed E-state index contributed by atoms with van der Waals surface area (Å²) >= 11 is 1.25. The Morgan fingerprint density at radius 3 is 2.63 bits per heavy atom. The van der Waals surface area contributed by atoms with E-state index in [0.29, 0.717) is 29.2 Å². The maximum atomic E-state index is 13.6. The average molecular weight is 527 g/mol. The number of benzene rings is 3. The van der Waals surface area contributed by atoms with Crippen LogP contribution in [0.1, 0.15) is 22.7 Å². The molecule has 1 aliphatic heterocycles. The number of ether oxygens (including phenoxy) is 2. The van der Waals surface area contributed by atoms with Crippen LogP contribution >= 0.6 is 11.8 Å². The first kappa shape index (κ1) is 24.1. The number of carbonyl (C=O) groups excluding carboxylic acids is 1. The van der Waals surface area contributed by atoms with Crippen LogP contribution in [-0.4, -0.2) is 52.5 Å². The number of hydrogen-bond acceptors (Lipinski definition) is 7. The van der Waals surface area contributed by atoms with Crippen LogP contribution in [0.25, 0.3) is 22.4 Å². The smallest absolute Gasteiger partial charge is 0.277 e. The average Bonchev–Trinajstić information content (AvgIpc) is 3.62. The van der Waals surface area contributed by atoms with Crippen molar-refractivity contribution in [2.24, 2.45) is 0 Å². The number of aromatic nitrogens is 3. The minimum Gasteiger partial charge on any atom is -0.493 e. The van der Waals surface area contributed by atoms with Crippen molar-refractivity contribution < 1.29 is 18.7 Å². The van der Waals surface area contributed by atoms with Crippen LogP contribution in [-0.2, 0) is 11.2 Å². The number of methoxy groups -OCH3 is 2. The van der Waals surface area contributed by atoms with Crippen molar-refractivity contribution in [3.63, 3.8) is 0 Å². The Labute approximate surface area is 224 Å². The Bertz CT molecular complexity index is 1600.